The largest absolute Gasteiger partial charge is 0.475 e. The molecule has 2 aliphatic heterocycles. The number of hydrogen-bond acceptors (Lipinski definition) is 6. The molecule has 3 aliphatic rings. The minimum Gasteiger partial charge on any atom is -0.444 e. The summed E-state index contributed by atoms with van der Waals surface area (Å²) in [7, 11) is -1.46. The van der Waals surface area contributed by atoms with E-state index in [9.17, 15) is 19.6 Å². The summed E-state index contributed by atoms with van der Waals surface area (Å²) >= 11 is 5.84. The summed E-state index contributed by atoms with van der Waals surface area (Å²) in [5, 5.41) is 22.8. The average Bonchev–Trinajstić information content (AvgIpc) is 3.40. The topological polar surface area (TPSA) is 102 Å². The molecule has 8 nitrogen and oxygen atoms in total. The molecule has 0 bridgehead atoms. The molecule has 2 amide bonds. The van der Waals surface area contributed by atoms with Crippen LogP contribution in [0.25, 0.3) is 0 Å². The third-order valence-corrected chi connectivity index (χ3v) is 7.28. The van der Waals surface area contributed by atoms with Crippen molar-refractivity contribution >= 4 is 36.3 Å². The smallest absolute Gasteiger partial charge is 0.444 e. The van der Waals surface area contributed by atoms with E-state index in [1.807, 2.05) is 25.7 Å². The predicted molar refractivity (Wildman–Crippen MR) is 127 cm³/mol. The van der Waals surface area contributed by atoms with E-state index in [-0.39, 0.29) is 17.9 Å². The Balaban J connectivity index is 1.74. The molecule has 0 aromatic carbocycles. The first kappa shape index (κ1) is 25.2. The molecule has 2 saturated heterocycles. The zero-order valence-corrected chi connectivity index (χ0v) is 20.4. The SMILES string of the molecule is CC(C)(C)OC(=O)N1CCC[C@H]1C(=O)N[C@H](C(=S)N1CCC[C@H]1B(O)O)C1CCCCC1. The standard InChI is InChI=1S/C22H38BN3O5S/c1-22(2,3)31-21(28)25-13-7-11-16(25)19(27)24-18(15-9-5-4-6-10-15)20(32)26-14-8-12-17(26)23(29)30/h15-18,29-30H,4-14H2,1-3H3,(H,24,27)/t16-,17-,18-/m0/s1. The summed E-state index contributed by atoms with van der Waals surface area (Å²) in [6.45, 7) is 6.60. The van der Waals surface area contributed by atoms with Crippen molar-refractivity contribution in [3.05, 3.63) is 0 Å². The summed E-state index contributed by atoms with van der Waals surface area (Å²) in [4.78, 5) is 30.0. The van der Waals surface area contributed by atoms with Gasteiger partial charge in [-0.2, -0.15) is 0 Å². The lowest BCUT2D eigenvalue weighted by Crippen LogP contribution is -2.58. The van der Waals surface area contributed by atoms with Crippen molar-refractivity contribution < 1.29 is 24.4 Å². The second-order valence-corrected chi connectivity index (χ2v) is 10.8. The molecule has 0 aromatic rings. The number of hydrogen-bond donors (Lipinski definition) is 3. The van der Waals surface area contributed by atoms with Gasteiger partial charge in [-0.15, -0.1) is 0 Å². The van der Waals surface area contributed by atoms with Crippen molar-refractivity contribution in [3.8, 4) is 0 Å². The summed E-state index contributed by atoms with van der Waals surface area (Å²) in [6, 6.07) is -0.921. The molecular weight excluding hydrogens is 429 g/mol. The minimum atomic E-state index is -1.46. The summed E-state index contributed by atoms with van der Waals surface area (Å²) in [6.07, 6.45) is 7.71. The number of likely N-dealkylation sites (tertiary alicyclic amines) is 2. The monoisotopic (exact) mass is 467 g/mol. The average molecular weight is 467 g/mol. The maximum Gasteiger partial charge on any atom is 0.475 e. The highest BCUT2D eigenvalue weighted by Crippen LogP contribution is 2.31. The van der Waals surface area contributed by atoms with Gasteiger partial charge in [-0.1, -0.05) is 31.5 Å². The van der Waals surface area contributed by atoms with Crippen LogP contribution in [-0.2, 0) is 9.53 Å². The van der Waals surface area contributed by atoms with E-state index in [1.165, 1.54) is 11.3 Å². The van der Waals surface area contributed by atoms with Crippen molar-refractivity contribution in [1.82, 2.24) is 15.1 Å². The molecule has 0 radical (unpaired) electrons. The van der Waals surface area contributed by atoms with Crippen LogP contribution < -0.4 is 5.32 Å². The van der Waals surface area contributed by atoms with Gasteiger partial charge in [0.15, 0.2) is 0 Å². The van der Waals surface area contributed by atoms with E-state index in [1.54, 1.807) is 0 Å². The molecule has 0 unspecified atom stereocenters. The number of rotatable bonds is 5. The third kappa shape index (κ3) is 6.14. The molecule has 10 heteroatoms. The lowest BCUT2D eigenvalue weighted by Gasteiger charge is -2.38. The third-order valence-electron chi connectivity index (χ3n) is 6.79. The van der Waals surface area contributed by atoms with Crippen LogP contribution in [0, 0.1) is 5.92 Å². The number of ether oxygens (including phenoxy) is 1. The maximum absolute atomic E-state index is 13.4. The van der Waals surface area contributed by atoms with Crippen LogP contribution in [0.15, 0.2) is 0 Å². The van der Waals surface area contributed by atoms with Crippen LogP contribution in [0.2, 0.25) is 0 Å². The van der Waals surface area contributed by atoms with Crippen molar-refractivity contribution in [2.45, 2.75) is 102 Å². The summed E-state index contributed by atoms with van der Waals surface area (Å²) in [5.74, 6) is -0.421. The van der Waals surface area contributed by atoms with Crippen molar-refractivity contribution in [2.75, 3.05) is 13.1 Å². The second kappa shape index (κ2) is 10.7. The fraction of sp³-hybridized carbons (Fsp3) is 0.864. The van der Waals surface area contributed by atoms with Gasteiger partial charge < -0.3 is 25.0 Å². The molecule has 3 N–H and O–H groups in total. The highest BCUT2D eigenvalue weighted by atomic mass is 32.1. The van der Waals surface area contributed by atoms with E-state index >= 15 is 0 Å². The number of thiocarbonyl (C=S) groups is 1. The number of nitrogens with one attached hydrogen (secondary N) is 1. The molecule has 3 atom stereocenters. The molecular formula is C22H38BN3O5S. The van der Waals surface area contributed by atoms with E-state index < -0.39 is 30.8 Å². The maximum atomic E-state index is 13.4. The Hall–Kier alpha value is -1.39. The Labute approximate surface area is 197 Å². The molecule has 0 aromatic heterocycles. The Morgan fingerprint density at radius 2 is 1.62 bits per heavy atom. The molecule has 3 rings (SSSR count). The van der Waals surface area contributed by atoms with E-state index in [0.717, 1.165) is 38.5 Å². The van der Waals surface area contributed by atoms with E-state index in [4.69, 9.17) is 17.0 Å². The predicted octanol–water partition coefficient (Wildman–Crippen LogP) is 2.25. The second-order valence-electron chi connectivity index (χ2n) is 10.4. The normalized spacial score (nSPS) is 25.5. The van der Waals surface area contributed by atoms with Crippen LogP contribution in [0.3, 0.4) is 0 Å². The van der Waals surface area contributed by atoms with Gasteiger partial charge in [-0.3, -0.25) is 9.69 Å². The number of carbonyl (C=O) groups is 2. The molecule has 2 heterocycles. The first-order valence-corrected chi connectivity index (χ1v) is 12.5. The summed E-state index contributed by atoms with van der Waals surface area (Å²) < 4.78 is 5.51. The lowest BCUT2D eigenvalue weighted by molar-refractivity contribution is -0.126. The van der Waals surface area contributed by atoms with Crippen LogP contribution in [-0.4, -0.2) is 80.7 Å². The molecule has 1 aliphatic carbocycles. The molecule has 180 valence electrons. The Kier molecular flexibility index (Phi) is 8.44. The van der Waals surface area contributed by atoms with Crippen LogP contribution in [0.4, 0.5) is 4.79 Å². The number of nitrogens with zero attached hydrogens (tertiary/aromatic N) is 2. The minimum absolute atomic E-state index is 0.202. The van der Waals surface area contributed by atoms with Crippen LogP contribution in [0.1, 0.15) is 78.6 Å². The fourth-order valence-corrected chi connectivity index (χ4v) is 5.71. The molecule has 0 spiro atoms. The van der Waals surface area contributed by atoms with E-state index in [2.05, 4.69) is 5.32 Å². The van der Waals surface area contributed by atoms with Gasteiger partial charge in [0.25, 0.3) is 0 Å². The highest BCUT2D eigenvalue weighted by Gasteiger charge is 2.42. The van der Waals surface area contributed by atoms with E-state index in [0.29, 0.717) is 30.9 Å². The molecule has 1 saturated carbocycles. The van der Waals surface area contributed by atoms with Gasteiger partial charge in [-0.25, -0.2) is 4.79 Å². The van der Waals surface area contributed by atoms with Crippen LogP contribution in [0.5, 0.6) is 0 Å². The number of amides is 2. The van der Waals surface area contributed by atoms with Gasteiger partial charge in [0.1, 0.15) is 16.6 Å². The van der Waals surface area contributed by atoms with Crippen LogP contribution >= 0.6 is 12.2 Å². The van der Waals surface area contributed by atoms with Gasteiger partial charge in [-0.05, 0) is 65.2 Å². The van der Waals surface area contributed by atoms with Crippen molar-refractivity contribution in [2.24, 2.45) is 5.92 Å². The zero-order valence-electron chi connectivity index (χ0n) is 19.6. The zero-order chi connectivity index (χ0) is 23.5. The fourth-order valence-electron chi connectivity index (χ4n) is 5.23. The summed E-state index contributed by atoms with van der Waals surface area (Å²) in [5.41, 5.74) is -0.622. The highest BCUT2D eigenvalue weighted by molar-refractivity contribution is 7.80. The Bertz CT molecular complexity index is 696. The Morgan fingerprint density at radius 1 is 1.00 bits per heavy atom. The van der Waals surface area contributed by atoms with Crippen molar-refractivity contribution in [1.29, 1.82) is 0 Å². The quantitative estimate of drug-likeness (QED) is 0.421. The lowest BCUT2D eigenvalue weighted by atomic mass is 9.77. The first-order chi connectivity index (χ1) is 15.1. The molecule has 3 fully saturated rings. The van der Waals surface area contributed by atoms with Gasteiger partial charge in [0.2, 0.25) is 5.91 Å². The first-order valence-electron chi connectivity index (χ1n) is 12.0. The van der Waals surface area contributed by atoms with Gasteiger partial charge in [0.05, 0.1) is 12.0 Å². The number of carbonyl (C=O) groups excluding carboxylic acids is 2. The van der Waals surface area contributed by atoms with Crippen molar-refractivity contribution in [3.63, 3.8) is 0 Å². The Morgan fingerprint density at radius 3 is 2.25 bits per heavy atom. The van der Waals surface area contributed by atoms with Gasteiger partial charge >= 0.3 is 13.2 Å². The molecule has 32 heavy (non-hydrogen) atoms. The van der Waals surface area contributed by atoms with Gasteiger partial charge in [0, 0.05) is 13.1 Å².